The maximum Gasteiger partial charge on any atom is 0.410 e. The van der Waals surface area contributed by atoms with Crippen molar-refractivity contribution in [2.75, 3.05) is 26.2 Å². The van der Waals surface area contributed by atoms with Crippen molar-refractivity contribution >= 4 is 12.0 Å². The first kappa shape index (κ1) is 16.8. The van der Waals surface area contributed by atoms with E-state index in [1.54, 1.807) is 23.6 Å². The summed E-state index contributed by atoms with van der Waals surface area (Å²) in [7, 11) is 0. The highest BCUT2D eigenvalue weighted by atomic mass is 16.6. The number of hydrogen-bond acceptors (Lipinski definition) is 4. The van der Waals surface area contributed by atoms with Crippen LogP contribution in [0.5, 0.6) is 0 Å². The monoisotopic (exact) mass is 286 g/mol. The van der Waals surface area contributed by atoms with E-state index in [0.717, 1.165) is 0 Å². The molecule has 0 atom stereocenters. The Morgan fingerprint density at radius 2 is 1.45 bits per heavy atom. The van der Waals surface area contributed by atoms with E-state index in [-0.39, 0.29) is 18.4 Å². The molecule has 0 saturated carbocycles. The van der Waals surface area contributed by atoms with Gasteiger partial charge in [-0.1, -0.05) is 0 Å². The Kier molecular flexibility index (Phi) is 5.02. The maximum absolute atomic E-state index is 12.0. The van der Waals surface area contributed by atoms with Gasteiger partial charge in [-0.05, 0) is 34.6 Å². The summed E-state index contributed by atoms with van der Waals surface area (Å²) in [5.41, 5.74) is -1.51. The predicted molar refractivity (Wildman–Crippen MR) is 75.3 cm³/mol. The van der Waals surface area contributed by atoms with Crippen molar-refractivity contribution in [1.82, 2.24) is 9.80 Å². The van der Waals surface area contributed by atoms with Crippen LogP contribution < -0.4 is 0 Å². The number of hydrogen-bond donors (Lipinski definition) is 1. The second-order valence-electron chi connectivity index (χ2n) is 6.84. The Labute approximate surface area is 120 Å². The third-order valence-corrected chi connectivity index (χ3v) is 2.87. The van der Waals surface area contributed by atoms with Gasteiger partial charge >= 0.3 is 6.09 Å². The topological polar surface area (TPSA) is 70.1 Å². The van der Waals surface area contributed by atoms with Gasteiger partial charge in [-0.2, -0.15) is 0 Å². The van der Waals surface area contributed by atoms with E-state index in [0.29, 0.717) is 26.2 Å². The zero-order valence-electron chi connectivity index (χ0n) is 13.1. The summed E-state index contributed by atoms with van der Waals surface area (Å²) in [6.07, 6.45) is -0.244. The van der Waals surface area contributed by atoms with Crippen LogP contribution in [0, 0.1) is 0 Å². The fraction of sp³-hybridized carbons (Fsp3) is 0.857. The van der Waals surface area contributed by atoms with Gasteiger partial charge in [-0.25, -0.2) is 4.79 Å². The van der Waals surface area contributed by atoms with E-state index in [4.69, 9.17) is 4.74 Å². The molecule has 6 heteroatoms. The second-order valence-corrected chi connectivity index (χ2v) is 6.84. The van der Waals surface area contributed by atoms with Crippen molar-refractivity contribution in [3.05, 3.63) is 0 Å². The van der Waals surface area contributed by atoms with Crippen LogP contribution in [0.25, 0.3) is 0 Å². The molecule has 1 aliphatic rings. The molecule has 0 aromatic rings. The highest BCUT2D eigenvalue weighted by Crippen LogP contribution is 2.14. The molecule has 0 spiro atoms. The van der Waals surface area contributed by atoms with E-state index in [9.17, 15) is 14.7 Å². The number of piperazine rings is 1. The van der Waals surface area contributed by atoms with Crippen molar-refractivity contribution in [2.45, 2.75) is 52.2 Å². The number of amides is 2. The molecule has 0 aromatic carbocycles. The number of nitrogens with zero attached hydrogens (tertiary/aromatic N) is 2. The van der Waals surface area contributed by atoms with E-state index >= 15 is 0 Å². The first-order valence-electron chi connectivity index (χ1n) is 6.96. The minimum absolute atomic E-state index is 0.0821. The third kappa shape index (κ3) is 5.77. The smallest absolute Gasteiger partial charge is 0.410 e. The van der Waals surface area contributed by atoms with Gasteiger partial charge in [0.05, 0.1) is 12.0 Å². The Hall–Kier alpha value is -1.30. The molecule has 0 bridgehead atoms. The number of carbonyl (C=O) groups is 2. The van der Waals surface area contributed by atoms with Crippen LogP contribution in [-0.4, -0.2) is 64.3 Å². The van der Waals surface area contributed by atoms with Gasteiger partial charge in [0.1, 0.15) is 5.60 Å². The first-order valence-corrected chi connectivity index (χ1v) is 6.96. The van der Waals surface area contributed by atoms with Gasteiger partial charge in [-0.3, -0.25) is 4.79 Å². The zero-order chi connectivity index (χ0) is 15.6. The maximum atomic E-state index is 12.0. The molecule has 20 heavy (non-hydrogen) atoms. The van der Waals surface area contributed by atoms with E-state index in [1.807, 2.05) is 20.8 Å². The van der Waals surface area contributed by atoms with Crippen LogP contribution in [0.3, 0.4) is 0 Å². The molecule has 1 fully saturated rings. The average Bonchev–Trinajstić information content (AvgIpc) is 2.24. The van der Waals surface area contributed by atoms with E-state index in [1.165, 1.54) is 0 Å². The second kappa shape index (κ2) is 5.99. The van der Waals surface area contributed by atoms with Gasteiger partial charge in [0.25, 0.3) is 0 Å². The molecular weight excluding hydrogens is 260 g/mol. The Morgan fingerprint density at radius 3 is 1.85 bits per heavy atom. The van der Waals surface area contributed by atoms with Crippen LogP contribution >= 0.6 is 0 Å². The van der Waals surface area contributed by atoms with Crippen molar-refractivity contribution in [3.63, 3.8) is 0 Å². The van der Waals surface area contributed by atoms with E-state index in [2.05, 4.69) is 0 Å². The molecule has 0 aromatic heterocycles. The van der Waals surface area contributed by atoms with E-state index < -0.39 is 11.2 Å². The molecule has 1 N–H and O–H groups in total. The van der Waals surface area contributed by atoms with Crippen LogP contribution in [0.4, 0.5) is 4.79 Å². The molecule has 2 amide bonds. The lowest BCUT2D eigenvalue weighted by molar-refractivity contribution is -0.137. The van der Waals surface area contributed by atoms with Crippen molar-refractivity contribution in [3.8, 4) is 0 Å². The summed E-state index contributed by atoms with van der Waals surface area (Å²) >= 11 is 0. The molecule has 0 radical (unpaired) electrons. The van der Waals surface area contributed by atoms with Crippen molar-refractivity contribution in [1.29, 1.82) is 0 Å². The Morgan fingerprint density at radius 1 is 1.00 bits per heavy atom. The lowest BCUT2D eigenvalue weighted by atomic mass is 10.0. The molecule has 1 rings (SSSR count). The molecule has 1 saturated heterocycles. The van der Waals surface area contributed by atoms with Gasteiger partial charge in [0.2, 0.25) is 5.91 Å². The van der Waals surface area contributed by atoms with Crippen LogP contribution in [0.1, 0.15) is 41.0 Å². The van der Waals surface area contributed by atoms with Gasteiger partial charge in [-0.15, -0.1) is 0 Å². The molecule has 0 unspecified atom stereocenters. The molecule has 1 aliphatic heterocycles. The fourth-order valence-electron chi connectivity index (χ4n) is 1.95. The van der Waals surface area contributed by atoms with Crippen LogP contribution in [0.15, 0.2) is 0 Å². The summed E-state index contributed by atoms with van der Waals surface area (Å²) in [6.45, 7) is 10.6. The third-order valence-electron chi connectivity index (χ3n) is 2.87. The SMILES string of the molecule is CC(C)(O)CC(=O)N1CCN(C(=O)OC(C)(C)C)CC1. The number of carbonyl (C=O) groups excluding carboxylic acids is 2. The zero-order valence-corrected chi connectivity index (χ0v) is 13.1. The standard InChI is InChI=1S/C14H26N2O4/c1-13(2,3)20-12(18)16-8-6-15(7-9-16)11(17)10-14(4,5)19/h19H,6-10H2,1-5H3. The van der Waals surface area contributed by atoms with Crippen LogP contribution in [0.2, 0.25) is 0 Å². The number of aliphatic hydroxyl groups is 1. The highest BCUT2D eigenvalue weighted by Gasteiger charge is 2.29. The van der Waals surface area contributed by atoms with Crippen molar-refractivity contribution < 1.29 is 19.4 Å². The minimum Gasteiger partial charge on any atom is -0.444 e. The molecular formula is C14H26N2O4. The largest absolute Gasteiger partial charge is 0.444 e. The molecule has 6 nitrogen and oxygen atoms in total. The normalized spacial score (nSPS) is 17.1. The summed E-state index contributed by atoms with van der Waals surface area (Å²) in [5.74, 6) is -0.0821. The van der Waals surface area contributed by atoms with Gasteiger partial charge in [0.15, 0.2) is 0 Å². The summed E-state index contributed by atoms with van der Waals surface area (Å²) in [6, 6.07) is 0. The first-order chi connectivity index (χ1) is 8.98. The molecule has 0 aliphatic carbocycles. The lowest BCUT2D eigenvalue weighted by Crippen LogP contribution is -2.52. The molecule has 116 valence electrons. The Bertz CT molecular complexity index is 324. The van der Waals surface area contributed by atoms with Gasteiger partial charge < -0.3 is 19.6 Å². The Balaban J connectivity index is 2.44. The quantitative estimate of drug-likeness (QED) is 0.829. The fourth-order valence-corrected chi connectivity index (χ4v) is 1.95. The molecule has 1 heterocycles. The minimum atomic E-state index is -1.00. The van der Waals surface area contributed by atoms with Crippen molar-refractivity contribution in [2.24, 2.45) is 0 Å². The number of rotatable bonds is 2. The summed E-state index contributed by atoms with van der Waals surface area (Å²) in [5, 5.41) is 9.65. The highest BCUT2D eigenvalue weighted by molar-refractivity contribution is 5.77. The summed E-state index contributed by atoms with van der Waals surface area (Å²) < 4.78 is 5.30. The van der Waals surface area contributed by atoms with Crippen LogP contribution in [-0.2, 0) is 9.53 Å². The van der Waals surface area contributed by atoms with Gasteiger partial charge in [0, 0.05) is 26.2 Å². The predicted octanol–water partition coefficient (Wildman–Crippen LogP) is 1.23. The average molecular weight is 286 g/mol. The number of ether oxygens (including phenoxy) is 1. The lowest BCUT2D eigenvalue weighted by Gasteiger charge is -2.36. The summed E-state index contributed by atoms with van der Waals surface area (Å²) in [4.78, 5) is 27.1.